The van der Waals surface area contributed by atoms with Gasteiger partial charge in [-0.25, -0.2) is 4.39 Å². The summed E-state index contributed by atoms with van der Waals surface area (Å²) in [6.45, 7) is 4.95. The standard InChI is InChI=1S/C15H21BrFNO/c1-3-5-6-11(4-2)10-18-15(19)12-7-8-13(16)14(17)9-12/h7-9,11H,3-6,10H2,1-2H3,(H,18,19). The van der Waals surface area contributed by atoms with Crippen LogP contribution >= 0.6 is 15.9 Å². The molecule has 1 aromatic carbocycles. The van der Waals surface area contributed by atoms with Crippen LogP contribution in [0.25, 0.3) is 0 Å². The molecular formula is C15H21BrFNO. The Morgan fingerprint density at radius 3 is 2.74 bits per heavy atom. The lowest BCUT2D eigenvalue weighted by molar-refractivity contribution is 0.0945. The van der Waals surface area contributed by atoms with Crippen LogP contribution in [0.2, 0.25) is 0 Å². The lowest BCUT2D eigenvalue weighted by atomic mass is 9.99. The summed E-state index contributed by atoms with van der Waals surface area (Å²) in [5.74, 6) is -0.115. The minimum Gasteiger partial charge on any atom is -0.352 e. The van der Waals surface area contributed by atoms with E-state index in [0.29, 0.717) is 22.5 Å². The van der Waals surface area contributed by atoms with E-state index in [2.05, 4.69) is 35.1 Å². The molecule has 0 aliphatic rings. The largest absolute Gasteiger partial charge is 0.352 e. The third-order valence-electron chi connectivity index (χ3n) is 3.28. The molecule has 0 saturated carbocycles. The highest BCUT2D eigenvalue weighted by Crippen LogP contribution is 2.16. The molecule has 1 N–H and O–H groups in total. The normalized spacial score (nSPS) is 12.2. The average Bonchev–Trinajstić information content (AvgIpc) is 2.41. The molecule has 0 bridgehead atoms. The highest BCUT2D eigenvalue weighted by atomic mass is 79.9. The van der Waals surface area contributed by atoms with Crippen LogP contribution in [0, 0.1) is 11.7 Å². The summed E-state index contributed by atoms with van der Waals surface area (Å²) in [6.07, 6.45) is 4.53. The quantitative estimate of drug-likeness (QED) is 0.782. The molecule has 4 heteroatoms. The summed E-state index contributed by atoms with van der Waals surface area (Å²) in [5.41, 5.74) is 0.367. The van der Waals surface area contributed by atoms with Crippen molar-refractivity contribution in [3.05, 3.63) is 34.1 Å². The molecule has 1 amide bonds. The van der Waals surface area contributed by atoms with Gasteiger partial charge in [-0.1, -0.05) is 33.1 Å². The van der Waals surface area contributed by atoms with Gasteiger partial charge in [0.05, 0.1) is 4.47 Å². The van der Waals surface area contributed by atoms with Gasteiger partial charge in [-0.15, -0.1) is 0 Å². The molecule has 1 rings (SSSR count). The maximum atomic E-state index is 13.3. The molecule has 0 heterocycles. The minimum atomic E-state index is -0.411. The number of nitrogens with one attached hydrogen (secondary N) is 1. The van der Waals surface area contributed by atoms with Gasteiger partial charge in [0, 0.05) is 12.1 Å². The maximum Gasteiger partial charge on any atom is 0.251 e. The number of hydrogen-bond donors (Lipinski definition) is 1. The molecule has 0 aliphatic heterocycles. The van der Waals surface area contributed by atoms with Gasteiger partial charge in [0.2, 0.25) is 0 Å². The number of benzene rings is 1. The molecule has 106 valence electrons. The molecule has 2 nitrogen and oxygen atoms in total. The van der Waals surface area contributed by atoms with Gasteiger partial charge < -0.3 is 5.32 Å². The molecule has 0 radical (unpaired) electrons. The van der Waals surface area contributed by atoms with Crippen molar-refractivity contribution in [1.82, 2.24) is 5.32 Å². The molecule has 0 saturated heterocycles. The van der Waals surface area contributed by atoms with Crippen molar-refractivity contribution in [2.24, 2.45) is 5.92 Å². The summed E-state index contributed by atoms with van der Waals surface area (Å²) < 4.78 is 13.7. The molecule has 19 heavy (non-hydrogen) atoms. The Kier molecular flexibility index (Phi) is 7.06. The molecule has 0 fully saturated rings. The second-order valence-corrected chi connectivity index (χ2v) is 5.61. The van der Waals surface area contributed by atoms with Crippen LogP contribution in [-0.4, -0.2) is 12.5 Å². The SMILES string of the molecule is CCCCC(CC)CNC(=O)c1ccc(Br)c(F)c1. The number of carbonyl (C=O) groups is 1. The van der Waals surface area contributed by atoms with Crippen LogP contribution in [0.3, 0.4) is 0 Å². The smallest absolute Gasteiger partial charge is 0.251 e. The number of carbonyl (C=O) groups excluding carboxylic acids is 1. The third-order valence-corrected chi connectivity index (χ3v) is 3.92. The summed E-state index contributed by atoms with van der Waals surface area (Å²) in [5, 5.41) is 2.88. The van der Waals surface area contributed by atoms with Crippen LogP contribution in [0.15, 0.2) is 22.7 Å². The highest BCUT2D eigenvalue weighted by molar-refractivity contribution is 9.10. The van der Waals surface area contributed by atoms with Crippen LogP contribution < -0.4 is 5.32 Å². The van der Waals surface area contributed by atoms with Crippen molar-refractivity contribution >= 4 is 21.8 Å². The second-order valence-electron chi connectivity index (χ2n) is 4.76. The van der Waals surface area contributed by atoms with Gasteiger partial charge in [0.1, 0.15) is 5.82 Å². The Labute approximate surface area is 122 Å². The minimum absolute atomic E-state index is 0.207. The van der Waals surface area contributed by atoms with Gasteiger partial charge in [-0.05, 0) is 46.5 Å². The molecule has 0 spiro atoms. The second kappa shape index (κ2) is 8.31. The lowest BCUT2D eigenvalue weighted by Crippen LogP contribution is -2.29. The van der Waals surface area contributed by atoms with Gasteiger partial charge >= 0.3 is 0 Å². The number of hydrogen-bond acceptors (Lipinski definition) is 1. The Balaban J connectivity index is 2.52. The van der Waals surface area contributed by atoms with Gasteiger partial charge in [-0.2, -0.15) is 0 Å². The number of unbranched alkanes of at least 4 members (excludes halogenated alkanes) is 1. The lowest BCUT2D eigenvalue weighted by Gasteiger charge is -2.15. The first-order valence-corrected chi connectivity index (χ1v) is 7.61. The Bertz CT molecular complexity index is 423. The van der Waals surface area contributed by atoms with Gasteiger partial charge in [-0.3, -0.25) is 4.79 Å². The average molecular weight is 330 g/mol. The zero-order chi connectivity index (χ0) is 14.3. The Morgan fingerprint density at radius 2 is 2.16 bits per heavy atom. The summed E-state index contributed by atoms with van der Waals surface area (Å²) in [6, 6.07) is 4.43. The number of rotatable bonds is 7. The first-order chi connectivity index (χ1) is 9.08. The van der Waals surface area contributed by atoms with Crippen LogP contribution in [0.5, 0.6) is 0 Å². The Morgan fingerprint density at radius 1 is 1.42 bits per heavy atom. The first-order valence-electron chi connectivity index (χ1n) is 6.81. The zero-order valence-electron chi connectivity index (χ0n) is 11.5. The maximum absolute atomic E-state index is 13.3. The van der Waals surface area contributed by atoms with E-state index in [9.17, 15) is 9.18 Å². The van der Waals surface area contributed by atoms with Crippen LogP contribution in [0.4, 0.5) is 4.39 Å². The van der Waals surface area contributed by atoms with Crippen molar-refractivity contribution in [3.63, 3.8) is 0 Å². The molecule has 1 aromatic rings. The van der Waals surface area contributed by atoms with Crippen molar-refractivity contribution in [3.8, 4) is 0 Å². The predicted molar refractivity (Wildman–Crippen MR) is 79.7 cm³/mol. The molecule has 0 aromatic heterocycles. The van der Waals surface area contributed by atoms with E-state index in [-0.39, 0.29) is 5.91 Å². The summed E-state index contributed by atoms with van der Waals surface area (Å²) in [7, 11) is 0. The summed E-state index contributed by atoms with van der Waals surface area (Å²) in [4.78, 5) is 11.9. The topological polar surface area (TPSA) is 29.1 Å². The van der Waals surface area contributed by atoms with Gasteiger partial charge in [0.15, 0.2) is 0 Å². The highest BCUT2D eigenvalue weighted by Gasteiger charge is 2.11. The van der Waals surface area contributed by atoms with E-state index in [1.54, 1.807) is 12.1 Å². The van der Waals surface area contributed by atoms with E-state index in [0.717, 1.165) is 12.8 Å². The van der Waals surface area contributed by atoms with E-state index in [1.807, 2.05) is 0 Å². The third kappa shape index (κ3) is 5.31. The van der Waals surface area contributed by atoms with Crippen molar-refractivity contribution in [1.29, 1.82) is 0 Å². The number of amides is 1. The Hall–Kier alpha value is -0.900. The fourth-order valence-corrected chi connectivity index (χ4v) is 2.17. The van der Waals surface area contributed by atoms with E-state index in [4.69, 9.17) is 0 Å². The molecule has 1 atom stereocenters. The fraction of sp³-hybridized carbons (Fsp3) is 0.533. The fourth-order valence-electron chi connectivity index (χ4n) is 1.92. The molecule has 1 unspecified atom stereocenters. The van der Waals surface area contributed by atoms with E-state index in [1.165, 1.54) is 18.9 Å². The predicted octanol–water partition coefficient (Wildman–Crippen LogP) is 4.53. The number of halogens is 2. The first kappa shape index (κ1) is 16.2. The summed E-state index contributed by atoms with van der Waals surface area (Å²) >= 11 is 3.07. The van der Waals surface area contributed by atoms with E-state index < -0.39 is 5.82 Å². The van der Waals surface area contributed by atoms with E-state index >= 15 is 0 Å². The van der Waals surface area contributed by atoms with Crippen molar-refractivity contribution < 1.29 is 9.18 Å². The van der Waals surface area contributed by atoms with Crippen LogP contribution in [-0.2, 0) is 0 Å². The van der Waals surface area contributed by atoms with Crippen molar-refractivity contribution in [2.75, 3.05) is 6.54 Å². The van der Waals surface area contributed by atoms with Crippen molar-refractivity contribution in [2.45, 2.75) is 39.5 Å². The monoisotopic (exact) mass is 329 g/mol. The van der Waals surface area contributed by atoms with Gasteiger partial charge in [0.25, 0.3) is 5.91 Å². The zero-order valence-corrected chi connectivity index (χ0v) is 13.1. The van der Waals surface area contributed by atoms with Crippen LogP contribution in [0.1, 0.15) is 49.9 Å². The molecular weight excluding hydrogens is 309 g/mol. The molecule has 0 aliphatic carbocycles.